The number of hydrogen-bond acceptors (Lipinski definition) is 4. The predicted octanol–water partition coefficient (Wildman–Crippen LogP) is 4.88. The molecule has 8 heteroatoms. The molecule has 0 unspecified atom stereocenters. The third kappa shape index (κ3) is 4.62. The van der Waals surface area contributed by atoms with E-state index in [0.29, 0.717) is 5.56 Å². The Kier molecular flexibility index (Phi) is 5.51. The van der Waals surface area contributed by atoms with Gasteiger partial charge in [-0.15, -0.1) is 0 Å². The lowest BCUT2D eigenvalue weighted by Crippen LogP contribution is -2.12. The third-order valence-electron chi connectivity index (χ3n) is 3.25. The summed E-state index contributed by atoms with van der Waals surface area (Å²) >= 11 is 0. The number of carbonyl (C=O) groups excluding carboxylic acids is 1. The number of rotatable bonds is 4. The van der Waals surface area contributed by atoms with Gasteiger partial charge < -0.3 is 14.2 Å². The summed E-state index contributed by atoms with van der Waals surface area (Å²) in [6.07, 6.45) is -5.71. The Morgan fingerprint density at radius 2 is 1.84 bits per heavy atom. The first-order valence-electron chi connectivity index (χ1n) is 7.06. The van der Waals surface area contributed by atoms with Gasteiger partial charge in [-0.2, -0.15) is 13.2 Å². The first kappa shape index (κ1) is 18.6. The molecule has 0 fully saturated rings. The van der Waals surface area contributed by atoms with Gasteiger partial charge in [0.15, 0.2) is 0 Å². The van der Waals surface area contributed by atoms with Crippen molar-refractivity contribution in [2.75, 3.05) is 7.11 Å². The molecule has 0 radical (unpaired) electrons. The molecule has 0 saturated heterocycles. The smallest absolute Gasteiger partial charge is 0.488 e. The highest BCUT2D eigenvalue weighted by atomic mass is 19.4. The zero-order chi connectivity index (χ0) is 18.6. The number of halogens is 4. The van der Waals surface area contributed by atoms with Crippen LogP contribution in [0.5, 0.6) is 11.5 Å². The van der Waals surface area contributed by atoms with Gasteiger partial charge in [-0.25, -0.2) is 9.18 Å². The predicted molar refractivity (Wildman–Crippen MR) is 79.9 cm³/mol. The van der Waals surface area contributed by atoms with Crippen molar-refractivity contribution in [3.63, 3.8) is 0 Å². The number of aryl methyl sites for hydroxylation is 1. The lowest BCUT2D eigenvalue weighted by molar-refractivity contribution is -0.139. The van der Waals surface area contributed by atoms with E-state index >= 15 is 0 Å². The number of ether oxygens (including phenoxy) is 3. The van der Waals surface area contributed by atoms with Gasteiger partial charge in [-0.3, -0.25) is 0 Å². The summed E-state index contributed by atoms with van der Waals surface area (Å²) in [4.78, 5) is 11.2. The molecule has 0 heterocycles. The van der Waals surface area contributed by atoms with Crippen LogP contribution in [0.25, 0.3) is 0 Å². The normalized spacial score (nSPS) is 11.1. The Hall–Kier alpha value is -2.77. The van der Waals surface area contributed by atoms with Gasteiger partial charge >= 0.3 is 12.3 Å². The molecule has 2 aromatic carbocycles. The van der Waals surface area contributed by atoms with Crippen molar-refractivity contribution in [3.05, 3.63) is 58.9 Å². The van der Waals surface area contributed by atoms with Crippen LogP contribution in [0.4, 0.5) is 22.4 Å². The van der Waals surface area contributed by atoms with E-state index < -0.39 is 36.1 Å². The molecule has 0 bridgehead atoms. The van der Waals surface area contributed by atoms with Crippen LogP contribution in [0.2, 0.25) is 0 Å². The Balaban J connectivity index is 2.29. The fraction of sp³-hybridized carbons (Fsp3) is 0.235. The van der Waals surface area contributed by atoms with Gasteiger partial charge in [-0.05, 0) is 31.2 Å². The Bertz CT molecular complexity index is 772. The molecule has 4 nitrogen and oxygen atoms in total. The van der Waals surface area contributed by atoms with Crippen molar-refractivity contribution in [2.24, 2.45) is 0 Å². The molecule has 0 aliphatic carbocycles. The minimum atomic E-state index is -4.62. The van der Waals surface area contributed by atoms with Crippen LogP contribution < -0.4 is 9.47 Å². The van der Waals surface area contributed by atoms with E-state index in [-0.39, 0.29) is 11.3 Å². The zero-order valence-electron chi connectivity index (χ0n) is 13.3. The minimum absolute atomic E-state index is 0.201. The fourth-order valence-electron chi connectivity index (χ4n) is 2.05. The summed E-state index contributed by atoms with van der Waals surface area (Å²) in [5, 5.41) is 0. The highest BCUT2D eigenvalue weighted by molar-refractivity contribution is 5.64. The molecule has 0 spiro atoms. The monoisotopic (exact) mass is 358 g/mol. The van der Waals surface area contributed by atoms with Gasteiger partial charge in [-0.1, -0.05) is 17.7 Å². The van der Waals surface area contributed by atoms with E-state index in [1.54, 1.807) is 0 Å². The maximum Gasteiger partial charge on any atom is 0.513 e. The number of hydrogen-bond donors (Lipinski definition) is 0. The van der Waals surface area contributed by atoms with Crippen molar-refractivity contribution in [1.82, 2.24) is 0 Å². The van der Waals surface area contributed by atoms with Gasteiger partial charge in [0.2, 0.25) is 0 Å². The molecule has 0 atom stereocenters. The molecule has 134 valence electrons. The van der Waals surface area contributed by atoms with E-state index in [4.69, 9.17) is 9.47 Å². The SMILES string of the molecule is COC(=O)Oc1cccc(F)c1COc1ccc(C)cc1C(F)(F)F. The molecule has 25 heavy (non-hydrogen) atoms. The van der Waals surface area contributed by atoms with Crippen LogP contribution in [0, 0.1) is 12.7 Å². The largest absolute Gasteiger partial charge is 0.513 e. The molecule has 2 aromatic rings. The second kappa shape index (κ2) is 7.42. The first-order valence-corrected chi connectivity index (χ1v) is 7.06. The summed E-state index contributed by atoms with van der Waals surface area (Å²) in [6.45, 7) is 0.948. The molecule has 0 N–H and O–H groups in total. The minimum Gasteiger partial charge on any atom is -0.488 e. The highest BCUT2D eigenvalue weighted by Crippen LogP contribution is 2.37. The van der Waals surface area contributed by atoms with Crippen molar-refractivity contribution >= 4 is 6.16 Å². The van der Waals surface area contributed by atoms with Crippen molar-refractivity contribution in [1.29, 1.82) is 0 Å². The van der Waals surface area contributed by atoms with Crippen LogP contribution >= 0.6 is 0 Å². The maximum absolute atomic E-state index is 14.0. The molecule has 0 aliphatic rings. The molecular formula is C17H14F4O4. The third-order valence-corrected chi connectivity index (χ3v) is 3.25. The second-order valence-corrected chi connectivity index (χ2v) is 5.06. The van der Waals surface area contributed by atoms with Crippen LogP contribution in [0.15, 0.2) is 36.4 Å². The quantitative estimate of drug-likeness (QED) is 0.444. The lowest BCUT2D eigenvalue weighted by atomic mass is 10.1. The van der Waals surface area contributed by atoms with E-state index in [1.807, 2.05) is 0 Å². The number of alkyl halides is 3. The van der Waals surface area contributed by atoms with E-state index in [1.165, 1.54) is 25.1 Å². The van der Waals surface area contributed by atoms with Crippen LogP contribution in [0.3, 0.4) is 0 Å². The van der Waals surface area contributed by atoms with Gasteiger partial charge in [0.1, 0.15) is 23.9 Å². The van der Waals surface area contributed by atoms with E-state index in [2.05, 4.69) is 4.74 Å². The van der Waals surface area contributed by atoms with Crippen molar-refractivity contribution in [3.8, 4) is 11.5 Å². The van der Waals surface area contributed by atoms with E-state index in [0.717, 1.165) is 25.3 Å². The summed E-state index contributed by atoms with van der Waals surface area (Å²) in [6, 6.07) is 7.16. The average Bonchev–Trinajstić information content (AvgIpc) is 2.54. The van der Waals surface area contributed by atoms with Crippen LogP contribution in [0.1, 0.15) is 16.7 Å². The fourth-order valence-corrected chi connectivity index (χ4v) is 2.05. The molecular weight excluding hydrogens is 344 g/mol. The summed E-state index contributed by atoms with van der Waals surface area (Å²) in [5.74, 6) is -1.44. The van der Waals surface area contributed by atoms with Crippen LogP contribution in [-0.4, -0.2) is 13.3 Å². The van der Waals surface area contributed by atoms with Crippen molar-refractivity contribution < 1.29 is 36.6 Å². The van der Waals surface area contributed by atoms with Gasteiger partial charge in [0.25, 0.3) is 0 Å². The Labute approximate surface area is 140 Å². The maximum atomic E-state index is 14.0. The Morgan fingerprint density at radius 1 is 1.12 bits per heavy atom. The van der Waals surface area contributed by atoms with Gasteiger partial charge in [0, 0.05) is 0 Å². The standard InChI is InChI=1S/C17H14F4O4/c1-10-6-7-15(12(8-10)17(19,20)21)24-9-11-13(18)4-3-5-14(11)25-16(22)23-2/h3-8H,9H2,1-2H3. The average molecular weight is 358 g/mol. The zero-order valence-corrected chi connectivity index (χ0v) is 13.3. The number of methoxy groups -OCH3 is 1. The molecule has 0 amide bonds. The second-order valence-electron chi connectivity index (χ2n) is 5.06. The summed E-state index contributed by atoms with van der Waals surface area (Å²) < 4.78 is 67.5. The Morgan fingerprint density at radius 3 is 2.48 bits per heavy atom. The topological polar surface area (TPSA) is 44.8 Å². The summed E-state index contributed by atoms with van der Waals surface area (Å²) in [5.41, 5.74) is -0.777. The van der Waals surface area contributed by atoms with Crippen LogP contribution in [-0.2, 0) is 17.5 Å². The first-order chi connectivity index (χ1) is 11.7. The molecule has 0 aliphatic heterocycles. The lowest BCUT2D eigenvalue weighted by Gasteiger charge is -2.16. The molecule has 0 aromatic heterocycles. The molecule has 0 saturated carbocycles. The summed E-state index contributed by atoms with van der Waals surface area (Å²) in [7, 11) is 1.07. The number of benzene rings is 2. The van der Waals surface area contributed by atoms with Crippen molar-refractivity contribution in [2.45, 2.75) is 19.7 Å². The highest BCUT2D eigenvalue weighted by Gasteiger charge is 2.34. The molecule has 2 rings (SSSR count). The number of carbonyl (C=O) groups is 1. The van der Waals surface area contributed by atoms with E-state index in [9.17, 15) is 22.4 Å². The van der Waals surface area contributed by atoms with Gasteiger partial charge in [0.05, 0.1) is 18.2 Å².